The van der Waals surface area contributed by atoms with E-state index in [0.717, 1.165) is 6.42 Å². The Bertz CT molecular complexity index is 304. The molecular weight excluding hydrogens is 270 g/mol. The maximum absolute atomic E-state index is 12.6. The number of esters is 1. The minimum Gasteiger partial charge on any atom is -0.458 e. The Morgan fingerprint density at radius 3 is 2.00 bits per heavy atom. The number of rotatable bonds is 6. The summed E-state index contributed by atoms with van der Waals surface area (Å²) in [7, 11) is 0. The molecular formula is C14H26F2O2S. The monoisotopic (exact) mass is 296 g/mol. The molecule has 0 aliphatic rings. The largest absolute Gasteiger partial charge is 0.458 e. The molecule has 1 unspecified atom stereocenters. The lowest BCUT2D eigenvalue weighted by Crippen LogP contribution is -2.36. The van der Waals surface area contributed by atoms with E-state index in [1.165, 1.54) is 0 Å². The maximum atomic E-state index is 12.6. The number of hydrogen-bond acceptors (Lipinski definition) is 3. The molecule has 114 valence electrons. The topological polar surface area (TPSA) is 26.3 Å². The van der Waals surface area contributed by atoms with Gasteiger partial charge in [-0.05, 0) is 17.3 Å². The van der Waals surface area contributed by atoms with Crippen molar-refractivity contribution in [2.45, 2.75) is 59.6 Å². The van der Waals surface area contributed by atoms with Crippen LogP contribution >= 0.6 is 12.6 Å². The summed E-state index contributed by atoms with van der Waals surface area (Å²) in [6, 6.07) is 0. The minimum absolute atomic E-state index is 0.0698. The molecule has 0 rings (SSSR count). The zero-order chi connectivity index (χ0) is 15.5. The molecule has 0 aliphatic heterocycles. The summed E-state index contributed by atoms with van der Waals surface area (Å²) in [4.78, 5) is 12.1. The number of ether oxygens (including phenoxy) is 1. The van der Waals surface area contributed by atoms with E-state index in [4.69, 9.17) is 4.74 Å². The molecule has 0 saturated carbocycles. The lowest BCUT2D eigenvalue weighted by molar-refractivity contribution is -0.159. The zero-order valence-electron chi connectivity index (χ0n) is 12.7. The first-order valence-corrected chi connectivity index (χ1v) is 7.00. The Balaban J connectivity index is 4.90. The first-order valence-electron chi connectivity index (χ1n) is 6.55. The second-order valence-corrected chi connectivity index (χ2v) is 7.59. The Morgan fingerprint density at radius 2 is 1.68 bits per heavy atom. The molecule has 0 fully saturated rings. The summed E-state index contributed by atoms with van der Waals surface area (Å²) >= 11 is 3.07. The van der Waals surface area contributed by atoms with Crippen molar-refractivity contribution in [3.63, 3.8) is 0 Å². The summed E-state index contributed by atoms with van der Waals surface area (Å²) in [6.45, 7) is 11.0. The van der Waals surface area contributed by atoms with Crippen molar-refractivity contribution in [3.05, 3.63) is 0 Å². The average Bonchev–Trinajstić information content (AvgIpc) is 2.20. The fourth-order valence-electron chi connectivity index (χ4n) is 1.80. The summed E-state index contributed by atoms with van der Waals surface area (Å²) in [5.41, 5.74) is -0.351. The normalized spacial score (nSPS) is 15.2. The van der Waals surface area contributed by atoms with E-state index in [-0.39, 0.29) is 10.8 Å². The Labute approximate surface area is 120 Å². The Morgan fingerprint density at radius 1 is 1.21 bits per heavy atom. The van der Waals surface area contributed by atoms with Gasteiger partial charge in [0.05, 0.1) is 5.92 Å². The second-order valence-electron chi connectivity index (χ2n) is 6.93. The molecule has 0 spiro atoms. The van der Waals surface area contributed by atoms with Gasteiger partial charge in [-0.25, -0.2) is 0 Å². The highest BCUT2D eigenvalue weighted by atomic mass is 32.1. The van der Waals surface area contributed by atoms with E-state index >= 15 is 0 Å². The van der Waals surface area contributed by atoms with Gasteiger partial charge < -0.3 is 4.74 Å². The van der Waals surface area contributed by atoms with Gasteiger partial charge in [-0.3, -0.25) is 4.79 Å². The van der Waals surface area contributed by atoms with Crippen LogP contribution in [0.4, 0.5) is 8.78 Å². The molecule has 0 aliphatic carbocycles. The van der Waals surface area contributed by atoms with E-state index < -0.39 is 23.7 Å². The minimum atomic E-state index is -3.28. The van der Waals surface area contributed by atoms with Crippen molar-refractivity contribution in [1.29, 1.82) is 0 Å². The van der Waals surface area contributed by atoms with Crippen molar-refractivity contribution in [2.75, 3.05) is 6.61 Å². The number of halogens is 2. The van der Waals surface area contributed by atoms with Crippen LogP contribution in [0, 0.1) is 16.7 Å². The molecule has 2 nitrogen and oxygen atoms in total. The molecule has 0 heterocycles. The summed E-state index contributed by atoms with van der Waals surface area (Å²) in [6.07, 6.45) is 1.38. The highest BCUT2D eigenvalue weighted by molar-refractivity contribution is 7.81. The number of carbonyl (C=O) groups excluding carboxylic acids is 1. The first-order chi connectivity index (χ1) is 8.28. The molecule has 0 amide bonds. The summed E-state index contributed by atoms with van der Waals surface area (Å²) in [5, 5.41) is -3.28. The molecule has 0 aromatic carbocycles. The Hall–Kier alpha value is -0.320. The first kappa shape index (κ1) is 18.7. The average molecular weight is 296 g/mol. The van der Waals surface area contributed by atoms with Gasteiger partial charge in [0.25, 0.3) is 0 Å². The van der Waals surface area contributed by atoms with E-state index in [2.05, 4.69) is 12.6 Å². The SMILES string of the molecule is CCC(C)(C)C(CC(C)(C)C)C(=O)OCC(F)(F)S. The van der Waals surface area contributed by atoms with Gasteiger partial charge in [-0.15, -0.1) is 12.6 Å². The smallest absolute Gasteiger partial charge is 0.324 e. The number of hydrogen-bond donors (Lipinski definition) is 1. The van der Waals surface area contributed by atoms with Crippen molar-refractivity contribution in [2.24, 2.45) is 16.7 Å². The molecule has 0 saturated heterocycles. The quantitative estimate of drug-likeness (QED) is 0.575. The molecule has 19 heavy (non-hydrogen) atoms. The molecule has 0 radical (unpaired) electrons. The van der Waals surface area contributed by atoms with Crippen LogP contribution in [0.5, 0.6) is 0 Å². The van der Waals surface area contributed by atoms with Crippen molar-refractivity contribution < 1.29 is 18.3 Å². The molecule has 0 bridgehead atoms. The van der Waals surface area contributed by atoms with Crippen molar-refractivity contribution in [1.82, 2.24) is 0 Å². The molecule has 0 aromatic heterocycles. The summed E-state index contributed by atoms with van der Waals surface area (Å²) in [5.74, 6) is -0.955. The molecule has 5 heteroatoms. The highest BCUT2D eigenvalue weighted by Crippen LogP contribution is 2.39. The van der Waals surface area contributed by atoms with Gasteiger partial charge in [0, 0.05) is 0 Å². The fourth-order valence-corrected chi connectivity index (χ4v) is 1.86. The number of thiol groups is 1. The third-order valence-electron chi connectivity index (χ3n) is 3.34. The van der Waals surface area contributed by atoms with E-state index in [9.17, 15) is 13.6 Å². The van der Waals surface area contributed by atoms with Crippen LogP contribution in [0.1, 0.15) is 54.4 Å². The van der Waals surface area contributed by atoms with Gasteiger partial charge >= 0.3 is 11.2 Å². The van der Waals surface area contributed by atoms with Gasteiger partial charge in [-0.1, -0.05) is 48.0 Å². The van der Waals surface area contributed by atoms with Crippen molar-refractivity contribution >= 4 is 18.6 Å². The van der Waals surface area contributed by atoms with Gasteiger partial charge in [0.2, 0.25) is 0 Å². The van der Waals surface area contributed by atoms with Crippen LogP contribution in [0.3, 0.4) is 0 Å². The molecule has 0 aromatic rings. The van der Waals surface area contributed by atoms with Gasteiger partial charge in [0.1, 0.15) is 0 Å². The van der Waals surface area contributed by atoms with Crippen LogP contribution in [0.25, 0.3) is 0 Å². The van der Waals surface area contributed by atoms with Crippen LogP contribution in [-0.4, -0.2) is 17.8 Å². The standard InChI is InChI=1S/C14H26F2O2S/c1-7-13(5,6)10(8-12(2,3)4)11(17)18-9-14(15,16)19/h10,19H,7-9H2,1-6H3. The predicted molar refractivity (Wildman–Crippen MR) is 76.5 cm³/mol. The third-order valence-corrected chi connectivity index (χ3v) is 3.47. The fraction of sp³-hybridized carbons (Fsp3) is 0.929. The number of carbonyl (C=O) groups is 1. The van der Waals surface area contributed by atoms with Crippen LogP contribution in [0.15, 0.2) is 0 Å². The Kier molecular flexibility index (Phi) is 6.31. The zero-order valence-corrected chi connectivity index (χ0v) is 13.6. The maximum Gasteiger partial charge on any atom is 0.324 e. The molecule has 1 atom stereocenters. The lowest BCUT2D eigenvalue weighted by atomic mass is 9.70. The van der Waals surface area contributed by atoms with Gasteiger partial charge in [-0.2, -0.15) is 8.78 Å². The van der Waals surface area contributed by atoms with Crippen LogP contribution in [-0.2, 0) is 9.53 Å². The van der Waals surface area contributed by atoms with Crippen LogP contribution < -0.4 is 0 Å². The van der Waals surface area contributed by atoms with Crippen molar-refractivity contribution in [3.8, 4) is 0 Å². The van der Waals surface area contributed by atoms with E-state index in [1.54, 1.807) is 0 Å². The highest BCUT2D eigenvalue weighted by Gasteiger charge is 2.39. The van der Waals surface area contributed by atoms with Gasteiger partial charge in [0.15, 0.2) is 6.61 Å². The third kappa shape index (κ3) is 7.75. The summed E-state index contributed by atoms with van der Waals surface area (Å²) < 4.78 is 30.0. The molecule has 0 N–H and O–H groups in total. The number of alkyl halides is 2. The van der Waals surface area contributed by atoms with Crippen LogP contribution in [0.2, 0.25) is 0 Å². The lowest BCUT2D eigenvalue weighted by Gasteiger charge is -2.36. The predicted octanol–water partition coefficient (Wildman–Crippen LogP) is 4.54. The van der Waals surface area contributed by atoms with E-state index in [1.807, 2.05) is 41.5 Å². The van der Waals surface area contributed by atoms with E-state index in [0.29, 0.717) is 6.42 Å². The second kappa shape index (κ2) is 6.42.